The number of hydrogen-bond donors (Lipinski definition) is 0. The number of nitrogens with zero attached hydrogens (tertiary/aromatic N) is 6. The topological polar surface area (TPSA) is 116 Å². The molecule has 0 aliphatic carbocycles. The van der Waals surface area contributed by atoms with Crippen LogP contribution in [0.1, 0.15) is 32.1 Å². The predicted octanol–water partition coefficient (Wildman–Crippen LogP) is 3.30. The Morgan fingerprint density at radius 2 is 2.22 bits per heavy atom. The van der Waals surface area contributed by atoms with E-state index in [-0.39, 0.29) is 18.9 Å². The Morgan fingerprint density at radius 1 is 1.33 bits per heavy atom. The third-order valence-corrected chi connectivity index (χ3v) is 2.69. The van der Waals surface area contributed by atoms with Crippen LogP contribution in [0.5, 0.6) is 0 Å². The molecule has 8 heteroatoms. The van der Waals surface area contributed by atoms with Crippen molar-refractivity contribution in [1.29, 1.82) is 0 Å². The molecule has 0 aromatic heterocycles. The van der Waals surface area contributed by atoms with Crippen LogP contribution >= 0.6 is 0 Å². The summed E-state index contributed by atoms with van der Waals surface area (Å²) in [5, 5.41) is 6.98. The van der Waals surface area contributed by atoms with E-state index < -0.39 is 0 Å². The van der Waals surface area contributed by atoms with Crippen molar-refractivity contribution in [2.24, 2.45) is 10.2 Å². The Morgan fingerprint density at radius 3 is 2.89 bits per heavy atom. The second-order valence-corrected chi connectivity index (χ2v) is 4.08. The molecule has 1 saturated heterocycles. The molecule has 2 unspecified atom stereocenters. The molecule has 0 aromatic carbocycles. The van der Waals surface area contributed by atoms with Gasteiger partial charge < -0.3 is 9.47 Å². The Kier molecular flexibility index (Phi) is 7.75. The SMILES string of the molecule is [N-]=[N+]=NCC(CCCOC1CCCCO1)N=[N+]=[N-]. The van der Waals surface area contributed by atoms with Gasteiger partial charge in [-0.1, -0.05) is 10.2 Å². The van der Waals surface area contributed by atoms with Crippen molar-refractivity contribution in [2.75, 3.05) is 19.8 Å². The van der Waals surface area contributed by atoms with Crippen LogP contribution in [-0.2, 0) is 9.47 Å². The van der Waals surface area contributed by atoms with Crippen LogP contribution in [0.15, 0.2) is 10.2 Å². The van der Waals surface area contributed by atoms with Gasteiger partial charge in [0.15, 0.2) is 6.29 Å². The molecule has 1 heterocycles. The third-order valence-electron chi connectivity index (χ3n) is 2.69. The summed E-state index contributed by atoms with van der Waals surface area (Å²) in [5.74, 6) is 0. The van der Waals surface area contributed by atoms with Crippen LogP contribution in [0.3, 0.4) is 0 Å². The van der Waals surface area contributed by atoms with E-state index in [0.717, 1.165) is 32.3 Å². The van der Waals surface area contributed by atoms with E-state index in [0.29, 0.717) is 13.0 Å². The van der Waals surface area contributed by atoms with Crippen LogP contribution in [0, 0.1) is 0 Å². The molecule has 1 rings (SSSR count). The summed E-state index contributed by atoms with van der Waals surface area (Å²) in [6.07, 6.45) is 4.50. The van der Waals surface area contributed by atoms with Crippen molar-refractivity contribution >= 4 is 0 Å². The number of rotatable bonds is 8. The maximum absolute atomic E-state index is 8.37. The second-order valence-electron chi connectivity index (χ2n) is 4.08. The minimum Gasteiger partial charge on any atom is -0.353 e. The average Bonchev–Trinajstić information content (AvgIpc) is 2.42. The van der Waals surface area contributed by atoms with Crippen molar-refractivity contribution in [2.45, 2.75) is 44.4 Å². The smallest absolute Gasteiger partial charge is 0.157 e. The normalized spacial score (nSPS) is 20.6. The summed E-state index contributed by atoms with van der Waals surface area (Å²) in [5.41, 5.74) is 16.6. The Labute approximate surface area is 106 Å². The van der Waals surface area contributed by atoms with E-state index >= 15 is 0 Å². The lowest BCUT2D eigenvalue weighted by atomic mass is 10.2. The van der Waals surface area contributed by atoms with Crippen molar-refractivity contribution in [3.63, 3.8) is 0 Å². The van der Waals surface area contributed by atoms with Gasteiger partial charge in [-0.25, -0.2) is 0 Å². The quantitative estimate of drug-likeness (QED) is 0.286. The van der Waals surface area contributed by atoms with Gasteiger partial charge in [-0.05, 0) is 43.2 Å². The summed E-state index contributed by atoms with van der Waals surface area (Å²) < 4.78 is 11.0. The van der Waals surface area contributed by atoms with Crippen LogP contribution in [0.4, 0.5) is 0 Å². The van der Waals surface area contributed by atoms with Gasteiger partial charge in [0.25, 0.3) is 0 Å². The molecule has 100 valence electrons. The van der Waals surface area contributed by atoms with Gasteiger partial charge in [-0.2, -0.15) is 0 Å². The molecular weight excluding hydrogens is 236 g/mol. The van der Waals surface area contributed by atoms with Crippen molar-refractivity contribution < 1.29 is 9.47 Å². The zero-order valence-corrected chi connectivity index (χ0v) is 10.3. The highest BCUT2D eigenvalue weighted by molar-refractivity contribution is 4.70. The summed E-state index contributed by atoms with van der Waals surface area (Å²) in [4.78, 5) is 5.38. The fourth-order valence-electron chi connectivity index (χ4n) is 1.77. The van der Waals surface area contributed by atoms with Crippen LogP contribution in [0.2, 0.25) is 0 Å². The highest BCUT2D eigenvalue weighted by atomic mass is 16.7. The van der Waals surface area contributed by atoms with E-state index in [1.807, 2.05) is 0 Å². The maximum Gasteiger partial charge on any atom is 0.157 e. The summed E-state index contributed by atoms with van der Waals surface area (Å²) in [6.45, 7) is 1.53. The van der Waals surface area contributed by atoms with Gasteiger partial charge in [0.1, 0.15) is 0 Å². The Hall–Kier alpha value is -1.46. The fraction of sp³-hybridized carbons (Fsp3) is 1.00. The van der Waals surface area contributed by atoms with E-state index in [4.69, 9.17) is 20.5 Å². The third kappa shape index (κ3) is 6.32. The number of ether oxygens (including phenoxy) is 2. The first-order valence-corrected chi connectivity index (χ1v) is 6.15. The van der Waals surface area contributed by atoms with Gasteiger partial charge in [0, 0.05) is 35.6 Å². The fourth-order valence-corrected chi connectivity index (χ4v) is 1.77. The van der Waals surface area contributed by atoms with Crippen molar-refractivity contribution in [1.82, 2.24) is 0 Å². The molecule has 0 radical (unpaired) electrons. The van der Waals surface area contributed by atoms with Crippen LogP contribution < -0.4 is 0 Å². The van der Waals surface area contributed by atoms with E-state index in [2.05, 4.69) is 20.1 Å². The van der Waals surface area contributed by atoms with E-state index in [1.54, 1.807) is 0 Å². The molecule has 1 fully saturated rings. The molecule has 1 aliphatic heterocycles. The van der Waals surface area contributed by atoms with Crippen LogP contribution in [-0.4, -0.2) is 32.1 Å². The number of azide groups is 2. The molecule has 0 bridgehead atoms. The summed E-state index contributed by atoms with van der Waals surface area (Å²) in [6, 6.07) is -0.290. The molecule has 0 spiro atoms. The minimum absolute atomic E-state index is 0.0891. The molecule has 0 aromatic rings. The van der Waals surface area contributed by atoms with E-state index in [1.165, 1.54) is 0 Å². The largest absolute Gasteiger partial charge is 0.353 e. The Bertz CT molecular complexity index is 318. The van der Waals surface area contributed by atoms with Crippen molar-refractivity contribution in [3.8, 4) is 0 Å². The lowest BCUT2D eigenvalue weighted by Crippen LogP contribution is -2.23. The average molecular weight is 254 g/mol. The maximum atomic E-state index is 8.37. The van der Waals surface area contributed by atoms with Gasteiger partial charge in [-0.15, -0.1) is 0 Å². The first-order chi connectivity index (χ1) is 8.86. The van der Waals surface area contributed by atoms with E-state index in [9.17, 15) is 0 Å². The highest BCUT2D eigenvalue weighted by Crippen LogP contribution is 2.14. The molecule has 0 saturated carbocycles. The van der Waals surface area contributed by atoms with Gasteiger partial charge in [-0.3, -0.25) is 0 Å². The predicted molar refractivity (Wildman–Crippen MR) is 65.7 cm³/mol. The Balaban J connectivity index is 2.13. The number of hydrogen-bond acceptors (Lipinski definition) is 4. The van der Waals surface area contributed by atoms with Crippen LogP contribution in [0.25, 0.3) is 20.9 Å². The standard InChI is InChI=1S/C10H18N6O2/c11-15-13-8-9(14-16-12)4-3-7-18-10-5-1-2-6-17-10/h9-10H,1-8H2. The van der Waals surface area contributed by atoms with Gasteiger partial charge >= 0.3 is 0 Å². The molecular formula is C10H18N6O2. The zero-order chi connectivity index (χ0) is 13.1. The summed E-state index contributed by atoms with van der Waals surface area (Å²) in [7, 11) is 0. The monoisotopic (exact) mass is 254 g/mol. The molecule has 0 N–H and O–H groups in total. The first-order valence-electron chi connectivity index (χ1n) is 6.15. The molecule has 18 heavy (non-hydrogen) atoms. The minimum atomic E-state index is -0.290. The highest BCUT2D eigenvalue weighted by Gasteiger charge is 2.13. The molecule has 2 atom stereocenters. The first kappa shape index (κ1) is 14.6. The van der Waals surface area contributed by atoms with Gasteiger partial charge in [0.05, 0.1) is 0 Å². The summed E-state index contributed by atoms with van der Waals surface area (Å²) >= 11 is 0. The van der Waals surface area contributed by atoms with Gasteiger partial charge in [0.2, 0.25) is 0 Å². The molecule has 1 aliphatic rings. The zero-order valence-electron chi connectivity index (χ0n) is 10.3. The lowest BCUT2D eigenvalue weighted by molar-refractivity contribution is -0.162. The second kappa shape index (κ2) is 9.56. The van der Waals surface area contributed by atoms with Crippen molar-refractivity contribution in [3.05, 3.63) is 20.9 Å². The lowest BCUT2D eigenvalue weighted by Gasteiger charge is -2.22. The molecule has 8 nitrogen and oxygen atoms in total. The molecule has 0 amide bonds.